The van der Waals surface area contributed by atoms with Crippen LogP contribution in [-0.2, 0) is 0 Å². The fourth-order valence-corrected chi connectivity index (χ4v) is 2.60. The van der Waals surface area contributed by atoms with Crippen molar-refractivity contribution >= 4 is 0 Å². The van der Waals surface area contributed by atoms with Crippen molar-refractivity contribution in [3.8, 4) is 11.5 Å². The van der Waals surface area contributed by atoms with Gasteiger partial charge in [-0.05, 0) is 6.07 Å². The zero-order valence-electron chi connectivity index (χ0n) is 8.82. The van der Waals surface area contributed by atoms with Gasteiger partial charge in [0.25, 0.3) is 0 Å². The first kappa shape index (κ1) is 9.04. The SMILES string of the molecule is COc1cccc2c1OC[C@H]1CNC[C@@H]21. The zero-order valence-corrected chi connectivity index (χ0v) is 8.82. The van der Waals surface area contributed by atoms with Gasteiger partial charge in [-0.2, -0.15) is 0 Å². The van der Waals surface area contributed by atoms with Crippen LogP contribution in [-0.4, -0.2) is 26.8 Å². The molecule has 2 aliphatic rings. The smallest absolute Gasteiger partial charge is 0.164 e. The van der Waals surface area contributed by atoms with Gasteiger partial charge in [0.2, 0.25) is 0 Å². The number of benzene rings is 1. The summed E-state index contributed by atoms with van der Waals surface area (Å²) < 4.78 is 11.1. The van der Waals surface area contributed by atoms with E-state index in [2.05, 4.69) is 11.4 Å². The highest BCUT2D eigenvalue weighted by atomic mass is 16.5. The Morgan fingerprint density at radius 1 is 1.40 bits per heavy atom. The summed E-state index contributed by atoms with van der Waals surface area (Å²) in [4.78, 5) is 0. The van der Waals surface area contributed by atoms with E-state index < -0.39 is 0 Å². The van der Waals surface area contributed by atoms with Crippen LogP contribution in [0.25, 0.3) is 0 Å². The Kier molecular flexibility index (Phi) is 2.06. The maximum atomic E-state index is 5.79. The zero-order chi connectivity index (χ0) is 10.3. The molecule has 2 atom stereocenters. The molecule has 2 aliphatic heterocycles. The first-order valence-corrected chi connectivity index (χ1v) is 5.40. The van der Waals surface area contributed by atoms with Crippen LogP contribution in [0.4, 0.5) is 0 Å². The monoisotopic (exact) mass is 205 g/mol. The number of para-hydroxylation sites is 1. The highest BCUT2D eigenvalue weighted by Crippen LogP contribution is 2.43. The van der Waals surface area contributed by atoms with Crippen molar-refractivity contribution in [3.63, 3.8) is 0 Å². The van der Waals surface area contributed by atoms with Crippen molar-refractivity contribution in [2.75, 3.05) is 26.8 Å². The van der Waals surface area contributed by atoms with Crippen LogP contribution in [0.3, 0.4) is 0 Å². The van der Waals surface area contributed by atoms with E-state index in [1.54, 1.807) is 7.11 Å². The summed E-state index contributed by atoms with van der Waals surface area (Å²) in [6.07, 6.45) is 0. The van der Waals surface area contributed by atoms with Gasteiger partial charge in [-0.1, -0.05) is 12.1 Å². The van der Waals surface area contributed by atoms with Crippen LogP contribution in [0.5, 0.6) is 11.5 Å². The lowest BCUT2D eigenvalue weighted by Gasteiger charge is -2.28. The molecule has 1 N–H and O–H groups in total. The standard InChI is InChI=1S/C12H15NO2/c1-14-11-4-2-3-9-10-6-13-5-8(10)7-15-12(9)11/h2-4,8,10,13H,5-7H2,1H3/t8-,10-/m1/s1. The average molecular weight is 205 g/mol. The average Bonchev–Trinajstić information content (AvgIpc) is 2.76. The molecule has 15 heavy (non-hydrogen) atoms. The Morgan fingerprint density at radius 2 is 2.33 bits per heavy atom. The van der Waals surface area contributed by atoms with Gasteiger partial charge in [0.15, 0.2) is 11.5 Å². The molecule has 0 spiro atoms. The molecule has 3 heteroatoms. The van der Waals surface area contributed by atoms with Gasteiger partial charge in [-0.3, -0.25) is 0 Å². The van der Waals surface area contributed by atoms with Crippen LogP contribution < -0.4 is 14.8 Å². The molecule has 0 saturated carbocycles. The second-order valence-electron chi connectivity index (χ2n) is 4.21. The van der Waals surface area contributed by atoms with Crippen molar-refractivity contribution < 1.29 is 9.47 Å². The normalized spacial score (nSPS) is 27.8. The number of nitrogens with one attached hydrogen (secondary N) is 1. The molecule has 1 aromatic rings. The van der Waals surface area contributed by atoms with Gasteiger partial charge in [0.1, 0.15) is 0 Å². The number of rotatable bonds is 1. The van der Waals surface area contributed by atoms with Crippen LogP contribution in [0, 0.1) is 5.92 Å². The highest BCUT2D eigenvalue weighted by Gasteiger charge is 2.35. The number of hydrogen-bond donors (Lipinski definition) is 1. The van der Waals surface area contributed by atoms with Gasteiger partial charge in [-0.15, -0.1) is 0 Å². The van der Waals surface area contributed by atoms with E-state index in [1.165, 1.54) is 5.56 Å². The van der Waals surface area contributed by atoms with E-state index in [4.69, 9.17) is 9.47 Å². The number of hydrogen-bond acceptors (Lipinski definition) is 3. The highest BCUT2D eigenvalue weighted by molar-refractivity contribution is 5.50. The van der Waals surface area contributed by atoms with Crippen LogP contribution >= 0.6 is 0 Å². The summed E-state index contributed by atoms with van der Waals surface area (Å²) in [6.45, 7) is 2.94. The molecule has 3 nitrogen and oxygen atoms in total. The number of methoxy groups -OCH3 is 1. The Bertz CT molecular complexity index is 378. The Balaban J connectivity index is 2.07. The molecule has 0 amide bonds. The van der Waals surface area contributed by atoms with Gasteiger partial charge < -0.3 is 14.8 Å². The van der Waals surface area contributed by atoms with E-state index in [0.29, 0.717) is 11.8 Å². The van der Waals surface area contributed by atoms with Gasteiger partial charge in [0.05, 0.1) is 13.7 Å². The molecule has 3 rings (SSSR count). The largest absolute Gasteiger partial charge is 0.493 e. The summed E-state index contributed by atoms with van der Waals surface area (Å²) >= 11 is 0. The van der Waals surface area contributed by atoms with Crippen molar-refractivity contribution in [2.45, 2.75) is 5.92 Å². The van der Waals surface area contributed by atoms with E-state index in [-0.39, 0.29) is 0 Å². The third-order valence-electron chi connectivity index (χ3n) is 3.41. The predicted octanol–water partition coefficient (Wildman–Crippen LogP) is 1.39. The molecular weight excluding hydrogens is 190 g/mol. The molecule has 0 unspecified atom stereocenters. The summed E-state index contributed by atoms with van der Waals surface area (Å²) in [6, 6.07) is 6.16. The Hall–Kier alpha value is -1.22. The first-order chi connectivity index (χ1) is 7.40. The van der Waals surface area contributed by atoms with Crippen molar-refractivity contribution in [2.24, 2.45) is 5.92 Å². The number of fused-ring (bicyclic) bond motifs is 3. The van der Waals surface area contributed by atoms with Crippen molar-refractivity contribution in [1.82, 2.24) is 5.32 Å². The van der Waals surface area contributed by atoms with E-state index in [0.717, 1.165) is 31.2 Å². The Labute approximate surface area is 89.4 Å². The van der Waals surface area contributed by atoms with Crippen LogP contribution in [0.15, 0.2) is 18.2 Å². The van der Waals surface area contributed by atoms with Crippen LogP contribution in [0.1, 0.15) is 11.5 Å². The third kappa shape index (κ3) is 1.30. The first-order valence-electron chi connectivity index (χ1n) is 5.40. The fourth-order valence-electron chi connectivity index (χ4n) is 2.60. The molecule has 1 aromatic carbocycles. The molecule has 2 heterocycles. The minimum Gasteiger partial charge on any atom is -0.493 e. The minimum absolute atomic E-state index is 0.601. The van der Waals surface area contributed by atoms with E-state index in [1.807, 2.05) is 12.1 Å². The minimum atomic E-state index is 0.601. The van der Waals surface area contributed by atoms with Gasteiger partial charge in [-0.25, -0.2) is 0 Å². The molecular formula is C12H15NO2. The maximum Gasteiger partial charge on any atom is 0.164 e. The lowest BCUT2D eigenvalue weighted by molar-refractivity contribution is 0.209. The second-order valence-corrected chi connectivity index (χ2v) is 4.21. The quantitative estimate of drug-likeness (QED) is 0.751. The lowest BCUT2D eigenvalue weighted by atomic mass is 9.87. The van der Waals surface area contributed by atoms with Gasteiger partial charge >= 0.3 is 0 Å². The fraction of sp³-hybridized carbons (Fsp3) is 0.500. The van der Waals surface area contributed by atoms with E-state index in [9.17, 15) is 0 Å². The molecule has 0 aromatic heterocycles. The summed E-state index contributed by atoms with van der Waals surface area (Å²) in [7, 11) is 1.69. The molecule has 1 fully saturated rings. The predicted molar refractivity (Wildman–Crippen MR) is 57.6 cm³/mol. The van der Waals surface area contributed by atoms with Crippen molar-refractivity contribution in [3.05, 3.63) is 23.8 Å². The van der Waals surface area contributed by atoms with E-state index >= 15 is 0 Å². The lowest BCUT2D eigenvalue weighted by Crippen LogP contribution is -2.25. The summed E-state index contributed by atoms with van der Waals surface area (Å²) in [5.74, 6) is 3.04. The third-order valence-corrected chi connectivity index (χ3v) is 3.41. The summed E-state index contributed by atoms with van der Waals surface area (Å²) in [5, 5.41) is 3.42. The maximum absolute atomic E-state index is 5.79. The molecule has 80 valence electrons. The summed E-state index contributed by atoms with van der Waals surface area (Å²) in [5.41, 5.74) is 1.30. The van der Waals surface area contributed by atoms with Crippen molar-refractivity contribution in [1.29, 1.82) is 0 Å². The van der Waals surface area contributed by atoms with Crippen LogP contribution in [0.2, 0.25) is 0 Å². The molecule has 1 saturated heterocycles. The van der Waals surface area contributed by atoms with Gasteiger partial charge in [0, 0.05) is 30.5 Å². The molecule has 0 bridgehead atoms. The molecule has 0 aliphatic carbocycles. The Morgan fingerprint density at radius 3 is 3.20 bits per heavy atom. The topological polar surface area (TPSA) is 30.5 Å². The second kappa shape index (κ2) is 3.42. The number of ether oxygens (including phenoxy) is 2. The molecule has 0 radical (unpaired) electrons.